The summed E-state index contributed by atoms with van der Waals surface area (Å²) >= 11 is 1.43. The van der Waals surface area contributed by atoms with E-state index in [0.29, 0.717) is 11.3 Å². The number of guanidine groups is 1. The number of carbonyl (C=O) groups is 8. The van der Waals surface area contributed by atoms with Gasteiger partial charge in [0.05, 0.1) is 12.5 Å². The zero-order chi connectivity index (χ0) is 40.1. The summed E-state index contributed by atoms with van der Waals surface area (Å²) in [5.74, 6) is -8.47. The van der Waals surface area contributed by atoms with Crippen LogP contribution in [-0.4, -0.2) is 124 Å². The highest BCUT2D eigenvalue weighted by molar-refractivity contribution is 7.98. The molecular formula is C32H49N9O11S. The second kappa shape index (κ2) is 23.9. The van der Waals surface area contributed by atoms with Crippen LogP contribution in [0.5, 0.6) is 0 Å². The van der Waals surface area contributed by atoms with Crippen LogP contribution in [0.1, 0.15) is 51.0 Å². The number of nitrogens with zero attached hydrogens (tertiary/aromatic N) is 1. The van der Waals surface area contributed by atoms with Gasteiger partial charge < -0.3 is 59.1 Å². The molecule has 0 aliphatic carbocycles. The van der Waals surface area contributed by atoms with Gasteiger partial charge in [-0.3, -0.25) is 38.6 Å². The molecule has 0 aromatic heterocycles. The SMILES string of the molecule is CSCC[C@H](N)C(=O)N[C@@H](CC(=O)O)C(=O)N[C@@H](C)C(=O)N[C@@H](CCC(=O)O)C(=O)N[C@@H](Cc1ccccc1)C(=O)N[C@@H](CCCN=C(N)N)C(=O)O. The molecule has 21 heteroatoms. The molecule has 6 atom stereocenters. The topological polar surface area (TPSA) is 348 Å². The van der Waals surface area contributed by atoms with Gasteiger partial charge in [0.15, 0.2) is 5.96 Å². The Hall–Kier alpha value is -5.44. The number of carboxylic acids is 3. The molecule has 0 unspecified atom stereocenters. The van der Waals surface area contributed by atoms with Crippen molar-refractivity contribution in [3.8, 4) is 0 Å². The quantitative estimate of drug-likeness (QED) is 0.0273. The van der Waals surface area contributed by atoms with Gasteiger partial charge in [0.2, 0.25) is 29.5 Å². The number of benzene rings is 1. The molecule has 14 N–H and O–H groups in total. The Balaban J connectivity index is 3.18. The minimum absolute atomic E-state index is 0.0629. The van der Waals surface area contributed by atoms with Crippen molar-refractivity contribution < 1.29 is 53.7 Å². The van der Waals surface area contributed by atoms with E-state index in [4.69, 9.17) is 17.2 Å². The Morgan fingerprint density at radius 1 is 0.717 bits per heavy atom. The number of carbonyl (C=O) groups excluding carboxylic acids is 5. The van der Waals surface area contributed by atoms with Crippen molar-refractivity contribution in [1.29, 1.82) is 0 Å². The summed E-state index contributed by atoms with van der Waals surface area (Å²) in [4.78, 5) is 104. The number of aliphatic imine (C=N–C) groups is 1. The maximum absolute atomic E-state index is 13.6. The van der Waals surface area contributed by atoms with E-state index in [1.54, 1.807) is 36.6 Å². The molecule has 1 rings (SSSR count). The number of hydrogen-bond acceptors (Lipinski definition) is 11. The van der Waals surface area contributed by atoms with Gasteiger partial charge in [-0.1, -0.05) is 30.3 Å². The average molecular weight is 768 g/mol. The van der Waals surface area contributed by atoms with E-state index in [-0.39, 0.29) is 38.2 Å². The first-order valence-electron chi connectivity index (χ1n) is 16.5. The first kappa shape index (κ1) is 45.6. The van der Waals surface area contributed by atoms with Crippen LogP contribution < -0.4 is 43.8 Å². The van der Waals surface area contributed by atoms with Crippen molar-refractivity contribution in [3.63, 3.8) is 0 Å². The zero-order valence-electron chi connectivity index (χ0n) is 29.4. The largest absolute Gasteiger partial charge is 0.481 e. The van der Waals surface area contributed by atoms with E-state index in [0.717, 1.165) is 0 Å². The Morgan fingerprint density at radius 3 is 1.85 bits per heavy atom. The van der Waals surface area contributed by atoms with E-state index in [1.807, 2.05) is 0 Å². The van der Waals surface area contributed by atoms with Crippen LogP contribution in [0.4, 0.5) is 0 Å². The number of nitrogens with one attached hydrogen (secondary N) is 5. The van der Waals surface area contributed by atoms with Crippen molar-refractivity contribution in [1.82, 2.24) is 26.6 Å². The van der Waals surface area contributed by atoms with Gasteiger partial charge in [0.1, 0.15) is 30.2 Å². The van der Waals surface area contributed by atoms with Crippen molar-refractivity contribution in [2.75, 3.05) is 18.6 Å². The Bertz CT molecular complexity index is 1460. The van der Waals surface area contributed by atoms with Crippen LogP contribution in [0.2, 0.25) is 0 Å². The molecule has 53 heavy (non-hydrogen) atoms. The molecule has 0 spiro atoms. The van der Waals surface area contributed by atoms with Gasteiger partial charge in [-0.2, -0.15) is 11.8 Å². The average Bonchev–Trinajstić information content (AvgIpc) is 3.09. The third kappa shape index (κ3) is 18.6. The standard InChI is InChI=1S/C32H49N9O11S/c1-17(37-29(49)23(16-25(44)45)40-27(47)19(33)12-14-53-2)26(46)38-20(10-11-24(42)43)28(48)41-22(15-18-7-4-3-5-8-18)30(50)39-21(31(51)52)9-6-13-36-32(34)35/h3-5,7-8,17,19-23H,6,9-16,33H2,1-2H3,(H,37,49)(H,38,46)(H,39,50)(H,40,47)(H,41,48)(H,42,43)(H,44,45)(H,51,52)(H4,34,35,36)/t17-,19-,20-,21-,22-,23-/m0/s1. The molecule has 0 radical (unpaired) electrons. The van der Waals surface area contributed by atoms with Crippen LogP contribution in [0.15, 0.2) is 35.3 Å². The van der Waals surface area contributed by atoms with Crippen LogP contribution in [0.3, 0.4) is 0 Å². The molecule has 1 aromatic carbocycles. The third-order valence-electron chi connectivity index (χ3n) is 7.49. The van der Waals surface area contributed by atoms with Crippen molar-refractivity contribution >= 4 is 65.2 Å². The van der Waals surface area contributed by atoms with E-state index >= 15 is 0 Å². The predicted molar refractivity (Wildman–Crippen MR) is 193 cm³/mol. The monoisotopic (exact) mass is 767 g/mol. The van der Waals surface area contributed by atoms with Gasteiger partial charge in [-0.05, 0) is 50.2 Å². The zero-order valence-corrected chi connectivity index (χ0v) is 30.2. The lowest BCUT2D eigenvalue weighted by atomic mass is 10.0. The van der Waals surface area contributed by atoms with Crippen LogP contribution in [0, 0.1) is 0 Å². The molecule has 0 bridgehead atoms. The molecular weight excluding hydrogens is 718 g/mol. The maximum atomic E-state index is 13.6. The van der Waals surface area contributed by atoms with Gasteiger partial charge in [0.25, 0.3) is 0 Å². The summed E-state index contributed by atoms with van der Waals surface area (Å²) in [6.07, 6.45) is 0.159. The van der Waals surface area contributed by atoms with Gasteiger partial charge in [-0.15, -0.1) is 0 Å². The summed E-state index contributed by atoms with van der Waals surface area (Å²) in [6, 6.07) is -0.0484. The second-order valence-electron chi connectivity index (χ2n) is 11.9. The van der Waals surface area contributed by atoms with Crippen molar-refractivity contribution in [3.05, 3.63) is 35.9 Å². The van der Waals surface area contributed by atoms with Crippen LogP contribution in [0.25, 0.3) is 0 Å². The first-order valence-corrected chi connectivity index (χ1v) is 17.9. The number of nitrogens with two attached hydrogens (primary N) is 3. The molecule has 0 heterocycles. The highest BCUT2D eigenvalue weighted by Gasteiger charge is 2.32. The number of hydrogen-bond donors (Lipinski definition) is 11. The number of amides is 5. The smallest absolute Gasteiger partial charge is 0.326 e. The number of rotatable bonds is 25. The normalized spacial score (nSPS) is 14.1. The van der Waals surface area contributed by atoms with Crippen molar-refractivity contribution in [2.24, 2.45) is 22.2 Å². The number of carboxylic acid groups (broad SMARTS) is 3. The molecule has 294 valence electrons. The summed E-state index contributed by atoms with van der Waals surface area (Å²) in [6.45, 7) is 1.30. The third-order valence-corrected chi connectivity index (χ3v) is 8.13. The highest BCUT2D eigenvalue weighted by Crippen LogP contribution is 2.08. The number of aliphatic carboxylic acids is 3. The van der Waals surface area contributed by atoms with E-state index in [9.17, 15) is 53.7 Å². The van der Waals surface area contributed by atoms with Gasteiger partial charge in [0, 0.05) is 19.4 Å². The summed E-state index contributed by atoms with van der Waals surface area (Å²) < 4.78 is 0. The van der Waals surface area contributed by atoms with Gasteiger partial charge >= 0.3 is 17.9 Å². The highest BCUT2D eigenvalue weighted by atomic mass is 32.2. The first-order chi connectivity index (χ1) is 24.9. The Labute approximate surface area is 309 Å². The molecule has 5 amide bonds. The lowest BCUT2D eigenvalue weighted by Crippen LogP contribution is -2.59. The van der Waals surface area contributed by atoms with Crippen LogP contribution >= 0.6 is 11.8 Å². The van der Waals surface area contributed by atoms with Crippen LogP contribution in [-0.2, 0) is 44.8 Å². The predicted octanol–water partition coefficient (Wildman–Crippen LogP) is -2.77. The maximum Gasteiger partial charge on any atom is 0.326 e. The molecule has 0 aliphatic heterocycles. The molecule has 0 saturated heterocycles. The van der Waals surface area contributed by atoms with E-state index in [1.165, 1.54) is 18.7 Å². The fourth-order valence-corrected chi connectivity index (χ4v) is 5.11. The molecule has 20 nitrogen and oxygen atoms in total. The van der Waals surface area contributed by atoms with E-state index < -0.39 is 103 Å². The lowest BCUT2D eigenvalue weighted by Gasteiger charge is -2.26. The summed E-state index contributed by atoms with van der Waals surface area (Å²) in [5, 5.41) is 40.0. The van der Waals surface area contributed by atoms with E-state index in [2.05, 4.69) is 31.6 Å². The minimum Gasteiger partial charge on any atom is -0.481 e. The molecule has 0 saturated carbocycles. The fourth-order valence-electron chi connectivity index (χ4n) is 4.62. The Morgan fingerprint density at radius 2 is 1.28 bits per heavy atom. The number of thioether (sulfide) groups is 1. The summed E-state index contributed by atoms with van der Waals surface area (Å²) in [5.41, 5.74) is 17.0. The minimum atomic E-state index is -1.61. The Kier molecular flexibility index (Phi) is 20.6. The lowest BCUT2D eigenvalue weighted by molar-refractivity contribution is -0.142. The second-order valence-corrected chi connectivity index (χ2v) is 12.9. The fraction of sp³-hybridized carbons (Fsp3) is 0.531. The van der Waals surface area contributed by atoms with Gasteiger partial charge in [-0.25, -0.2) is 4.79 Å². The molecule has 0 aliphatic rings. The molecule has 0 fully saturated rings. The summed E-state index contributed by atoms with van der Waals surface area (Å²) in [7, 11) is 0. The molecule has 1 aromatic rings. The van der Waals surface area contributed by atoms with Crippen molar-refractivity contribution in [2.45, 2.75) is 88.1 Å².